The lowest BCUT2D eigenvalue weighted by atomic mass is 10.1. The summed E-state index contributed by atoms with van der Waals surface area (Å²) < 4.78 is 0. The summed E-state index contributed by atoms with van der Waals surface area (Å²) in [5.74, 6) is -0.235. The van der Waals surface area contributed by atoms with Crippen LogP contribution in [0.4, 0.5) is 5.13 Å². The van der Waals surface area contributed by atoms with Gasteiger partial charge in [-0.05, 0) is 31.7 Å². The highest BCUT2D eigenvalue weighted by atomic mass is 32.2. The molecular weight excluding hydrogens is 372 g/mol. The van der Waals surface area contributed by atoms with Crippen LogP contribution in [0.2, 0.25) is 0 Å². The van der Waals surface area contributed by atoms with Crippen LogP contribution in [0, 0.1) is 6.92 Å². The molecule has 26 heavy (non-hydrogen) atoms. The smallest absolute Gasteiger partial charge is 0.254 e. The van der Waals surface area contributed by atoms with Crippen molar-refractivity contribution in [2.45, 2.75) is 24.9 Å². The second-order valence-electron chi connectivity index (χ2n) is 5.31. The van der Waals surface area contributed by atoms with Crippen LogP contribution >= 0.6 is 23.1 Å². The van der Waals surface area contributed by atoms with E-state index in [2.05, 4.69) is 30.5 Å². The molecule has 0 spiro atoms. The van der Waals surface area contributed by atoms with Crippen molar-refractivity contribution in [2.24, 2.45) is 0 Å². The molecule has 2 N–H and O–H groups in total. The van der Waals surface area contributed by atoms with Crippen molar-refractivity contribution in [3.63, 3.8) is 0 Å². The molecule has 10 heteroatoms. The van der Waals surface area contributed by atoms with E-state index in [1.54, 1.807) is 13.1 Å². The van der Waals surface area contributed by atoms with E-state index in [4.69, 9.17) is 0 Å². The number of pyridine rings is 1. The van der Waals surface area contributed by atoms with Gasteiger partial charge in [0.15, 0.2) is 10.2 Å². The number of amides is 1. The molecule has 8 nitrogen and oxygen atoms in total. The van der Waals surface area contributed by atoms with Crippen LogP contribution < -0.4 is 10.9 Å². The number of hydrogen-bond acceptors (Lipinski definition) is 8. The van der Waals surface area contributed by atoms with Crippen LogP contribution in [-0.2, 0) is 11.2 Å². The largest absolute Gasteiger partial charge is 0.301 e. The molecule has 0 bridgehead atoms. The topological polar surface area (TPSA) is 114 Å². The molecule has 0 fully saturated rings. The van der Waals surface area contributed by atoms with Gasteiger partial charge in [0.05, 0.1) is 0 Å². The van der Waals surface area contributed by atoms with Crippen molar-refractivity contribution in [1.29, 1.82) is 0 Å². The average molecular weight is 388 g/mol. The first-order valence-corrected chi connectivity index (χ1v) is 9.79. The molecule has 0 unspecified atom stereocenters. The number of carbonyl (C=O) groups is 1. The summed E-state index contributed by atoms with van der Waals surface area (Å²) >= 11 is 2.62. The summed E-state index contributed by atoms with van der Waals surface area (Å²) in [5.41, 5.74) is 1.65. The normalized spacial score (nSPS) is 10.7. The SMILES string of the molecule is CSc1nc(C)c(CCC(=O)Nc2nnc(-c3ccccn3)s2)c(=O)[nH]1. The van der Waals surface area contributed by atoms with Gasteiger partial charge in [-0.15, -0.1) is 10.2 Å². The highest BCUT2D eigenvalue weighted by Gasteiger charge is 2.13. The molecule has 1 amide bonds. The van der Waals surface area contributed by atoms with Gasteiger partial charge in [-0.1, -0.05) is 29.2 Å². The molecule has 3 aromatic rings. The zero-order valence-corrected chi connectivity index (χ0v) is 15.8. The Kier molecular flexibility index (Phi) is 5.74. The summed E-state index contributed by atoms with van der Waals surface area (Å²) in [5, 5.41) is 12.3. The Bertz CT molecular complexity index is 970. The highest BCUT2D eigenvalue weighted by Crippen LogP contribution is 2.24. The molecule has 0 aromatic carbocycles. The number of hydrogen-bond donors (Lipinski definition) is 2. The van der Waals surface area contributed by atoms with E-state index in [0.717, 1.165) is 0 Å². The first-order chi connectivity index (χ1) is 12.6. The summed E-state index contributed by atoms with van der Waals surface area (Å²) in [6.45, 7) is 1.77. The third kappa shape index (κ3) is 4.33. The van der Waals surface area contributed by atoms with E-state index < -0.39 is 0 Å². The number of aromatic nitrogens is 5. The second kappa shape index (κ2) is 8.19. The summed E-state index contributed by atoms with van der Waals surface area (Å²) in [6.07, 6.45) is 3.97. The van der Waals surface area contributed by atoms with Gasteiger partial charge in [0.25, 0.3) is 5.56 Å². The number of carbonyl (C=O) groups excluding carboxylic acids is 1. The van der Waals surface area contributed by atoms with Crippen LogP contribution in [0.3, 0.4) is 0 Å². The lowest BCUT2D eigenvalue weighted by Gasteiger charge is -2.05. The van der Waals surface area contributed by atoms with Crippen LogP contribution in [0.25, 0.3) is 10.7 Å². The number of H-pyrrole nitrogens is 1. The molecule has 3 aromatic heterocycles. The Morgan fingerprint density at radius 1 is 1.35 bits per heavy atom. The molecule has 0 saturated heterocycles. The lowest BCUT2D eigenvalue weighted by Crippen LogP contribution is -2.20. The fourth-order valence-corrected chi connectivity index (χ4v) is 3.42. The van der Waals surface area contributed by atoms with Gasteiger partial charge in [0, 0.05) is 23.9 Å². The maximum atomic E-state index is 12.2. The van der Waals surface area contributed by atoms with E-state index in [9.17, 15) is 9.59 Å². The molecule has 0 aliphatic carbocycles. The van der Waals surface area contributed by atoms with Crippen molar-refractivity contribution in [2.75, 3.05) is 11.6 Å². The highest BCUT2D eigenvalue weighted by molar-refractivity contribution is 7.98. The van der Waals surface area contributed by atoms with Crippen molar-refractivity contribution >= 4 is 34.1 Å². The van der Waals surface area contributed by atoms with Crippen LogP contribution in [0.15, 0.2) is 34.3 Å². The van der Waals surface area contributed by atoms with Crippen molar-refractivity contribution in [1.82, 2.24) is 25.1 Å². The summed E-state index contributed by atoms with van der Waals surface area (Å²) in [7, 11) is 0. The van der Waals surface area contributed by atoms with E-state index in [0.29, 0.717) is 38.7 Å². The van der Waals surface area contributed by atoms with Gasteiger partial charge in [-0.3, -0.25) is 14.6 Å². The number of thioether (sulfide) groups is 1. The van der Waals surface area contributed by atoms with Crippen molar-refractivity contribution < 1.29 is 4.79 Å². The van der Waals surface area contributed by atoms with Gasteiger partial charge in [0.2, 0.25) is 11.0 Å². The maximum Gasteiger partial charge on any atom is 0.254 e. The summed E-state index contributed by atoms with van der Waals surface area (Å²) in [6, 6.07) is 5.50. The number of aromatic amines is 1. The monoisotopic (exact) mass is 388 g/mol. The molecular formula is C16H16N6O2S2. The minimum Gasteiger partial charge on any atom is -0.301 e. The fraction of sp³-hybridized carbons (Fsp3) is 0.250. The Balaban J connectivity index is 1.62. The quantitative estimate of drug-likeness (QED) is 0.492. The third-order valence-electron chi connectivity index (χ3n) is 3.55. The first-order valence-electron chi connectivity index (χ1n) is 7.75. The molecule has 0 aliphatic rings. The third-order valence-corrected chi connectivity index (χ3v) is 4.99. The minimum absolute atomic E-state index is 0.155. The number of rotatable bonds is 6. The standard InChI is InChI=1S/C16H16N6O2S2/c1-9-10(13(24)20-15(18-9)25-2)6-7-12(23)19-16-22-21-14(26-16)11-5-3-4-8-17-11/h3-5,8H,6-7H2,1-2H3,(H,18,20,24)(H,19,22,23). The average Bonchev–Trinajstić information content (AvgIpc) is 3.10. The van der Waals surface area contributed by atoms with Crippen molar-refractivity contribution in [3.05, 3.63) is 46.0 Å². The molecule has 0 aliphatic heterocycles. The predicted octanol–water partition coefficient (Wildman–Crippen LogP) is 2.29. The van der Waals surface area contributed by atoms with Gasteiger partial charge < -0.3 is 10.3 Å². The van der Waals surface area contributed by atoms with E-state index >= 15 is 0 Å². The molecule has 134 valence electrons. The van der Waals surface area contributed by atoms with Gasteiger partial charge >= 0.3 is 0 Å². The zero-order chi connectivity index (χ0) is 18.5. The first kappa shape index (κ1) is 18.2. The van der Waals surface area contributed by atoms with Crippen LogP contribution in [0.5, 0.6) is 0 Å². The number of aryl methyl sites for hydroxylation is 1. The Morgan fingerprint density at radius 2 is 2.19 bits per heavy atom. The minimum atomic E-state index is -0.235. The fourth-order valence-electron chi connectivity index (χ4n) is 2.26. The van der Waals surface area contributed by atoms with E-state index in [-0.39, 0.29) is 17.9 Å². The van der Waals surface area contributed by atoms with Crippen LogP contribution in [-0.4, -0.2) is 37.3 Å². The predicted molar refractivity (Wildman–Crippen MR) is 101 cm³/mol. The molecule has 0 radical (unpaired) electrons. The second-order valence-corrected chi connectivity index (χ2v) is 7.09. The molecule has 0 atom stereocenters. The van der Waals surface area contributed by atoms with E-state index in [1.807, 2.05) is 24.5 Å². The summed E-state index contributed by atoms with van der Waals surface area (Å²) in [4.78, 5) is 35.4. The molecule has 3 heterocycles. The van der Waals surface area contributed by atoms with Gasteiger partial charge in [-0.25, -0.2) is 4.98 Å². The Hall–Kier alpha value is -2.59. The van der Waals surface area contributed by atoms with Gasteiger partial charge in [-0.2, -0.15) is 0 Å². The van der Waals surface area contributed by atoms with Crippen molar-refractivity contribution in [3.8, 4) is 10.7 Å². The van der Waals surface area contributed by atoms with Gasteiger partial charge in [0.1, 0.15) is 5.69 Å². The Morgan fingerprint density at radius 3 is 2.88 bits per heavy atom. The molecule has 0 saturated carbocycles. The lowest BCUT2D eigenvalue weighted by molar-refractivity contribution is -0.116. The number of nitrogens with zero attached hydrogens (tertiary/aromatic N) is 4. The van der Waals surface area contributed by atoms with E-state index in [1.165, 1.54) is 23.1 Å². The molecule has 3 rings (SSSR count). The Labute approximate surface area is 157 Å². The number of nitrogens with one attached hydrogen (secondary N) is 2. The zero-order valence-electron chi connectivity index (χ0n) is 14.1. The van der Waals surface area contributed by atoms with Crippen LogP contribution in [0.1, 0.15) is 17.7 Å². The number of anilines is 1. The maximum absolute atomic E-state index is 12.2.